The average Bonchev–Trinajstić information content (AvgIpc) is 2.35. The molecule has 0 aromatic rings. The first-order valence-electron chi connectivity index (χ1n) is 3.39. The molecule has 66 valence electrons. The molecule has 1 unspecified atom stereocenters. The fourth-order valence-electron chi connectivity index (χ4n) is 0.873. The van der Waals surface area contributed by atoms with Gasteiger partial charge in [0.05, 0.1) is 7.11 Å². The van der Waals surface area contributed by atoms with E-state index in [2.05, 4.69) is 4.74 Å². The molecule has 1 aliphatic rings. The molecule has 0 aromatic heterocycles. The van der Waals surface area contributed by atoms with Crippen molar-refractivity contribution in [3.8, 4) is 0 Å². The molecule has 12 heavy (non-hydrogen) atoms. The van der Waals surface area contributed by atoms with Crippen LogP contribution in [0.3, 0.4) is 0 Å². The Morgan fingerprint density at radius 2 is 2.50 bits per heavy atom. The van der Waals surface area contributed by atoms with Crippen molar-refractivity contribution in [2.75, 3.05) is 13.7 Å². The van der Waals surface area contributed by atoms with Crippen molar-refractivity contribution < 1.29 is 19.4 Å². The topological polar surface area (TPSA) is 66.8 Å². The van der Waals surface area contributed by atoms with E-state index in [0.29, 0.717) is 0 Å². The largest absolute Gasteiger partial charge is 0.468 e. The van der Waals surface area contributed by atoms with Crippen LogP contribution >= 0.6 is 0 Å². The number of ether oxygens (including phenoxy) is 1. The summed E-state index contributed by atoms with van der Waals surface area (Å²) in [5.74, 6) is -0.931. The normalized spacial score (nSPS) is 21.7. The minimum Gasteiger partial charge on any atom is -0.468 e. The van der Waals surface area contributed by atoms with Crippen LogP contribution in [0.4, 0.5) is 0 Å². The Hall–Kier alpha value is -1.36. The van der Waals surface area contributed by atoms with Crippen molar-refractivity contribution in [1.29, 1.82) is 0 Å². The molecule has 1 rings (SSSR count). The van der Waals surface area contributed by atoms with Crippen molar-refractivity contribution in [1.82, 2.24) is 4.90 Å². The third-order valence-corrected chi connectivity index (χ3v) is 1.54. The Morgan fingerprint density at radius 3 is 2.92 bits per heavy atom. The minimum atomic E-state index is -1.00. The monoisotopic (exact) mass is 171 g/mol. The van der Waals surface area contributed by atoms with Gasteiger partial charge in [0.25, 0.3) is 0 Å². The van der Waals surface area contributed by atoms with Crippen molar-refractivity contribution in [3.63, 3.8) is 0 Å². The van der Waals surface area contributed by atoms with E-state index in [-0.39, 0.29) is 12.5 Å². The molecule has 0 saturated carbocycles. The quantitative estimate of drug-likeness (QED) is 0.534. The predicted octanol–water partition coefficient (Wildman–Crippen LogP) is -1.12. The molecule has 0 radical (unpaired) electrons. The van der Waals surface area contributed by atoms with Crippen LogP contribution in [0, 0.1) is 0 Å². The summed E-state index contributed by atoms with van der Waals surface area (Å²) >= 11 is 0. The number of nitrogens with zero attached hydrogens (tertiary/aromatic N) is 1. The van der Waals surface area contributed by atoms with E-state index < -0.39 is 12.2 Å². The highest BCUT2D eigenvalue weighted by atomic mass is 16.5. The molecule has 1 aliphatic heterocycles. The summed E-state index contributed by atoms with van der Waals surface area (Å²) in [5.41, 5.74) is 0. The SMILES string of the molecule is COC(=O)CN1C(=O)C=CC1O. The van der Waals surface area contributed by atoms with Crippen LogP contribution in [-0.4, -0.2) is 41.8 Å². The number of methoxy groups -OCH3 is 1. The van der Waals surface area contributed by atoms with Gasteiger partial charge < -0.3 is 9.84 Å². The number of aliphatic hydroxyl groups is 1. The van der Waals surface area contributed by atoms with Gasteiger partial charge in [0, 0.05) is 6.08 Å². The molecule has 1 N–H and O–H groups in total. The molecule has 1 heterocycles. The van der Waals surface area contributed by atoms with E-state index in [1.54, 1.807) is 0 Å². The van der Waals surface area contributed by atoms with Crippen LogP contribution in [0.2, 0.25) is 0 Å². The summed E-state index contributed by atoms with van der Waals surface area (Å²) in [4.78, 5) is 22.6. The van der Waals surface area contributed by atoms with Crippen LogP contribution in [0.25, 0.3) is 0 Å². The standard InChI is InChI=1S/C7H9NO4/c1-12-7(11)4-8-5(9)2-3-6(8)10/h2-3,5,9H,4H2,1H3. The number of carbonyl (C=O) groups is 2. The zero-order chi connectivity index (χ0) is 9.14. The van der Waals surface area contributed by atoms with Crippen molar-refractivity contribution in [2.45, 2.75) is 6.23 Å². The smallest absolute Gasteiger partial charge is 0.325 e. The van der Waals surface area contributed by atoms with Crippen LogP contribution in [0.5, 0.6) is 0 Å². The average molecular weight is 171 g/mol. The van der Waals surface area contributed by atoms with Crippen LogP contribution < -0.4 is 0 Å². The first-order chi connectivity index (χ1) is 5.65. The lowest BCUT2D eigenvalue weighted by Gasteiger charge is -2.18. The zero-order valence-electron chi connectivity index (χ0n) is 6.56. The second-order valence-electron chi connectivity index (χ2n) is 2.32. The Labute approximate surface area is 69.2 Å². The number of carbonyl (C=O) groups excluding carboxylic acids is 2. The lowest BCUT2D eigenvalue weighted by atomic mass is 10.5. The Kier molecular flexibility index (Phi) is 2.44. The number of aliphatic hydroxyl groups excluding tert-OH is 1. The van der Waals surface area contributed by atoms with Gasteiger partial charge in [-0.1, -0.05) is 0 Å². The second-order valence-corrected chi connectivity index (χ2v) is 2.32. The van der Waals surface area contributed by atoms with Gasteiger partial charge in [-0.2, -0.15) is 0 Å². The molecule has 0 aliphatic carbocycles. The number of rotatable bonds is 2. The molecule has 1 atom stereocenters. The minimum absolute atomic E-state index is 0.219. The van der Waals surface area contributed by atoms with Gasteiger partial charge in [0.2, 0.25) is 5.91 Å². The van der Waals surface area contributed by atoms with Crippen LogP contribution in [0.15, 0.2) is 12.2 Å². The molecule has 0 bridgehead atoms. The summed E-state index contributed by atoms with van der Waals surface area (Å²) in [6.45, 7) is -0.219. The number of esters is 1. The van der Waals surface area contributed by atoms with Crippen LogP contribution in [-0.2, 0) is 14.3 Å². The maximum absolute atomic E-state index is 10.9. The fourth-order valence-corrected chi connectivity index (χ4v) is 0.873. The first kappa shape index (κ1) is 8.73. The zero-order valence-corrected chi connectivity index (χ0v) is 6.56. The van der Waals surface area contributed by atoms with E-state index in [1.165, 1.54) is 19.3 Å². The van der Waals surface area contributed by atoms with Gasteiger partial charge >= 0.3 is 5.97 Å². The Morgan fingerprint density at radius 1 is 1.83 bits per heavy atom. The summed E-state index contributed by atoms with van der Waals surface area (Å²) in [7, 11) is 1.22. The maximum atomic E-state index is 10.9. The molecule has 5 nitrogen and oxygen atoms in total. The van der Waals surface area contributed by atoms with Gasteiger partial charge in [-0.05, 0) is 6.08 Å². The molecule has 0 aromatic carbocycles. The summed E-state index contributed by atoms with van der Waals surface area (Å²) < 4.78 is 4.34. The summed E-state index contributed by atoms with van der Waals surface area (Å²) in [5, 5.41) is 9.11. The third-order valence-electron chi connectivity index (χ3n) is 1.54. The molecule has 0 saturated heterocycles. The molecule has 1 amide bonds. The molecule has 5 heteroatoms. The first-order valence-corrected chi connectivity index (χ1v) is 3.39. The Bertz CT molecular complexity index is 236. The molecular formula is C7H9NO4. The lowest BCUT2D eigenvalue weighted by molar-refractivity contribution is -0.149. The molecule has 0 spiro atoms. The number of amides is 1. The van der Waals surface area contributed by atoms with E-state index in [0.717, 1.165) is 4.90 Å². The predicted molar refractivity (Wildman–Crippen MR) is 38.9 cm³/mol. The van der Waals surface area contributed by atoms with Gasteiger partial charge in [0.1, 0.15) is 12.8 Å². The maximum Gasteiger partial charge on any atom is 0.325 e. The van der Waals surface area contributed by atoms with E-state index >= 15 is 0 Å². The van der Waals surface area contributed by atoms with E-state index in [1.807, 2.05) is 0 Å². The van der Waals surface area contributed by atoms with Gasteiger partial charge in [-0.3, -0.25) is 14.5 Å². The van der Waals surface area contributed by atoms with E-state index in [4.69, 9.17) is 5.11 Å². The third kappa shape index (κ3) is 1.62. The van der Waals surface area contributed by atoms with Gasteiger partial charge in [-0.15, -0.1) is 0 Å². The van der Waals surface area contributed by atoms with Crippen molar-refractivity contribution in [3.05, 3.63) is 12.2 Å². The second kappa shape index (κ2) is 3.36. The molecular weight excluding hydrogens is 162 g/mol. The van der Waals surface area contributed by atoms with Gasteiger partial charge in [-0.25, -0.2) is 0 Å². The molecule has 0 fully saturated rings. The Balaban J connectivity index is 2.53. The summed E-state index contributed by atoms with van der Waals surface area (Å²) in [6, 6.07) is 0. The number of hydrogen-bond acceptors (Lipinski definition) is 4. The lowest BCUT2D eigenvalue weighted by Crippen LogP contribution is -2.38. The highest BCUT2D eigenvalue weighted by Gasteiger charge is 2.25. The summed E-state index contributed by atoms with van der Waals surface area (Å²) in [6.07, 6.45) is 1.52. The van der Waals surface area contributed by atoms with Crippen molar-refractivity contribution in [2.24, 2.45) is 0 Å². The van der Waals surface area contributed by atoms with E-state index in [9.17, 15) is 9.59 Å². The van der Waals surface area contributed by atoms with Crippen LogP contribution in [0.1, 0.15) is 0 Å². The fraction of sp³-hybridized carbons (Fsp3) is 0.429. The highest BCUT2D eigenvalue weighted by Crippen LogP contribution is 2.07. The van der Waals surface area contributed by atoms with Crippen molar-refractivity contribution >= 4 is 11.9 Å². The van der Waals surface area contributed by atoms with Gasteiger partial charge in [0.15, 0.2) is 0 Å². The highest BCUT2D eigenvalue weighted by molar-refractivity contribution is 5.92. The number of hydrogen-bond donors (Lipinski definition) is 1.